The van der Waals surface area contributed by atoms with Crippen molar-refractivity contribution in [3.05, 3.63) is 64.7 Å². The number of aryl methyl sites for hydroxylation is 3. The molecule has 0 atom stereocenters. The molecule has 0 aliphatic heterocycles. The van der Waals surface area contributed by atoms with Gasteiger partial charge in [0.05, 0.1) is 5.56 Å². The minimum absolute atomic E-state index is 0.318. The Bertz CT molecular complexity index is 568. The molecule has 0 heterocycles. The van der Waals surface area contributed by atoms with Gasteiger partial charge >= 0.3 is 5.97 Å². The largest absolute Gasteiger partial charge is 0.423 e. The molecule has 0 N–H and O–H groups in total. The van der Waals surface area contributed by atoms with Gasteiger partial charge in [0.1, 0.15) is 5.75 Å². The number of hydrogen-bond acceptors (Lipinski definition) is 2. The number of benzene rings is 2. The lowest BCUT2D eigenvalue weighted by molar-refractivity contribution is 0.0734. The second-order valence-electron chi connectivity index (χ2n) is 4.50. The van der Waals surface area contributed by atoms with E-state index in [9.17, 15) is 4.79 Å². The minimum Gasteiger partial charge on any atom is -0.423 e. The topological polar surface area (TPSA) is 26.3 Å². The molecule has 2 rings (SSSR count). The third-order valence-corrected chi connectivity index (χ3v) is 2.97. The summed E-state index contributed by atoms with van der Waals surface area (Å²) < 4.78 is 5.31. The van der Waals surface area contributed by atoms with Gasteiger partial charge in [-0.15, -0.1) is 0 Å². The summed E-state index contributed by atoms with van der Waals surface area (Å²) in [5, 5.41) is 0. The van der Waals surface area contributed by atoms with Gasteiger partial charge in [0.2, 0.25) is 0 Å². The molecule has 2 aromatic rings. The maximum absolute atomic E-state index is 11.9. The minimum atomic E-state index is -0.318. The zero-order chi connectivity index (χ0) is 13.1. The molecule has 2 heteroatoms. The molecule has 0 saturated heterocycles. The van der Waals surface area contributed by atoms with E-state index in [1.807, 2.05) is 45.0 Å². The van der Waals surface area contributed by atoms with Crippen LogP contribution in [0.25, 0.3) is 0 Å². The van der Waals surface area contributed by atoms with Gasteiger partial charge in [0, 0.05) is 0 Å². The second kappa shape index (κ2) is 5.05. The Morgan fingerprint density at radius 2 is 1.56 bits per heavy atom. The molecule has 92 valence electrons. The number of ether oxygens (including phenoxy) is 1. The molecule has 0 aliphatic carbocycles. The Labute approximate surface area is 107 Å². The molecule has 2 nitrogen and oxygen atoms in total. The highest BCUT2D eigenvalue weighted by atomic mass is 16.5. The lowest BCUT2D eigenvalue weighted by Crippen LogP contribution is -2.08. The molecule has 0 spiro atoms. The molecular weight excluding hydrogens is 224 g/mol. The van der Waals surface area contributed by atoms with Crippen LogP contribution in [0.1, 0.15) is 27.0 Å². The highest BCUT2D eigenvalue weighted by Gasteiger charge is 2.09. The number of rotatable bonds is 2. The lowest BCUT2D eigenvalue weighted by atomic mass is 10.1. The van der Waals surface area contributed by atoms with Crippen LogP contribution in [-0.4, -0.2) is 5.97 Å². The quantitative estimate of drug-likeness (QED) is 0.589. The van der Waals surface area contributed by atoms with Crippen LogP contribution in [0.4, 0.5) is 0 Å². The van der Waals surface area contributed by atoms with Gasteiger partial charge in [-0.1, -0.05) is 23.8 Å². The summed E-state index contributed by atoms with van der Waals surface area (Å²) in [7, 11) is 0. The van der Waals surface area contributed by atoms with E-state index in [-0.39, 0.29) is 5.97 Å². The summed E-state index contributed by atoms with van der Waals surface area (Å²) in [5.41, 5.74) is 3.98. The molecule has 2 aromatic carbocycles. The van der Waals surface area contributed by atoms with Crippen LogP contribution in [0.2, 0.25) is 0 Å². The molecule has 0 radical (unpaired) electrons. The first kappa shape index (κ1) is 12.4. The van der Waals surface area contributed by atoms with Crippen LogP contribution in [0.3, 0.4) is 0 Å². The zero-order valence-electron chi connectivity index (χ0n) is 10.9. The zero-order valence-corrected chi connectivity index (χ0v) is 10.9. The van der Waals surface area contributed by atoms with Crippen LogP contribution < -0.4 is 4.74 Å². The molecule has 18 heavy (non-hydrogen) atoms. The van der Waals surface area contributed by atoms with Crippen molar-refractivity contribution < 1.29 is 9.53 Å². The maximum Gasteiger partial charge on any atom is 0.343 e. The smallest absolute Gasteiger partial charge is 0.343 e. The highest BCUT2D eigenvalue weighted by molar-refractivity contribution is 5.91. The first-order chi connectivity index (χ1) is 8.56. The van der Waals surface area contributed by atoms with Gasteiger partial charge in [-0.05, 0) is 56.2 Å². The van der Waals surface area contributed by atoms with E-state index in [2.05, 4.69) is 0 Å². The predicted octanol–water partition coefficient (Wildman–Crippen LogP) is 3.83. The van der Waals surface area contributed by atoms with E-state index in [1.165, 1.54) is 5.56 Å². The molecule has 0 aromatic heterocycles. The summed E-state index contributed by atoms with van der Waals surface area (Å²) >= 11 is 0. The van der Waals surface area contributed by atoms with Crippen molar-refractivity contribution in [2.45, 2.75) is 20.8 Å². The summed E-state index contributed by atoms with van der Waals surface area (Å²) in [6, 6.07) is 13.0. The third kappa shape index (κ3) is 2.77. The van der Waals surface area contributed by atoms with Gasteiger partial charge < -0.3 is 4.74 Å². The SMILES string of the molecule is Cc1ccc(OC(=O)c2ccc(C)c(C)c2)cc1. The van der Waals surface area contributed by atoms with Crippen LogP contribution >= 0.6 is 0 Å². The van der Waals surface area contributed by atoms with Crippen molar-refractivity contribution in [3.63, 3.8) is 0 Å². The Morgan fingerprint density at radius 3 is 2.17 bits per heavy atom. The fraction of sp³-hybridized carbons (Fsp3) is 0.188. The fourth-order valence-electron chi connectivity index (χ4n) is 1.64. The monoisotopic (exact) mass is 240 g/mol. The van der Waals surface area contributed by atoms with Gasteiger partial charge in [-0.2, -0.15) is 0 Å². The molecule has 0 aliphatic rings. The van der Waals surface area contributed by atoms with Crippen LogP contribution in [-0.2, 0) is 0 Å². The van der Waals surface area contributed by atoms with Crippen molar-refractivity contribution in [1.82, 2.24) is 0 Å². The number of carbonyl (C=O) groups excluding carboxylic acids is 1. The maximum atomic E-state index is 11.9. The standard InChI is InChI=1S/C16H16O2/c1-11-4-8-15(9-5-11)18-16(17)14-7-6-12(2)13(3)10-14/h4-10H,1-3H3. The van der Waals surface area contributed by atoms with Crippen molar-refractivity contribution in [2.24, 2.45) is 0 Å². The molecule has 0 saturated carbocycles. The fourth-order valence-corrected chi connectivity index (χ4v) is 1.64. The van der Waals surface area contributed by atoms with Crippen molar-refractivity contribution in [2.75, 3.05) is 0 Å². The highest BCUT2D eigenvalue weighted by Crippen LogP contribution is 2.15. The Morgan fingerprint density at radius 1 is 0.889 bits per heavy atom. The van der Waals surface area contributed by atoms with E-state index >= 15 is 0 Å². The average molecular weight is 240 g/mol. The van der Waals surface area contributed by atoms with Gasteiger partial charge in [0.15, 0.2) is 0 Å². The third-order valence-electron chi connectivity index (χ3n) is 2.97. The molecule has 0 amide bonds. The summed E-state index contributed by atoms with van der Waals surface area (Å²) in [6.07, 6.45) is 0. The molecule has 0 unspecified atom stereocenters. The number of carbonyl (C=O) groups is 1. The molecular formula is C16H16O2. The van der Waals surface area contributed by atoms with Crippen molar-refractivity contribution in [3.8, 4) is 5.75 Å². The number of esters is 1. The lowest BCUT2D eigenvalue weighted by Gasteiger charge is -2.06. The van der Waals surface area contributed by atoms with E-state index < -0.39 is 0 Å². The second-order valence-corrected chi connectivity index (χ2v) is 4.50. The van der Waals surface area contributed by atoms with Crippen molar-refractivity contribution in [1.29, 1.82) is 0 Å². The van der Waals surface area contributed by atoms with E-state index in [4.69, 9.17) is 4.74 Å². The van der Waals surface area contributed by atoms with Gasteiger partial charge in [0.25, 0.3) is 0 Å². The van der Waals surface area contributed by atoms with Gasteiger partial charge in [-0.3, -0.25) is 0 Å². The van der Waals surface area contributed by atoms with E-state index in [0.717, 1.165) is 11.1 Å². The number of hydrogen-bond donors (Lipinski definition) is 0. The van der Waals surface area contributed by atoms with Gasteiger partial charge in [-0.25, -0.2) is 4.79 Å². The van der Waals surface area contributed by atoms with E-state index in [0.29, 0.717) is 11.3 Å². The summed E-state index contributed by atoms with van der Waals surface area (Å²) in [4.78, 5) is 11.9. The summed E-state index contributed by atoms with van der Waals surface area (Å²) in [6.45, 7) is 6.00. The Kier molecular flexibility index (Phi) is 3.47. The van der Waals surface area contributed by atoms with Crippen LogP contribution in [0.5, 0.6) is 5.75 Å². The predicted molar refractivity (Wildman–Crippen MR) is 72.1 cm³/mol. The summed E-state index contributed by atoms with van der Waals surface area (Å²) in [5.74, 6) is 0.255. The molecule has 0 fully saturated rings. The van der Waals surface area contributed by atoms with Crippen molar-refractivity contribution >= 4 is 5.97 Å². The first-order valence-corrected chi connectivity index (χ1v) is 5.92. The molecule has 0 bridgehead atoms. The van der Waals surface area contributed by atoms with E-state index in [1.54, 1.807) is 18.2 Å². The average Bonchev–Trinajstić information content (AvgIpc) is 2.35. The first-order valence-electron chi connectivity index (χ1n) is 5.92. The Hall–Kier alpha value is -2.09. The normalized spacial score (nSPS) is 10.2. The van der Waals surface area contributed by atoms with Crippen LogP contribution in [0.15, 0.2) is 42.5 Å². The van der Waals surface area contributed by atoms with Crippen LogP contribution in [0, 0.1) is 20.8 Å². The Balaban J connectivity index is 2.16.